The van der Waals surface area contributed by atoms with Gasteiger partial charge in [0.05, 0.1) is 6.54 Å². The number of hydrogen-bond donors (Lipinski definition) is 3. The van der Waals surface area contributed by atoms with Crippen LogP contribution in [0, 0.1) is 0 Å². The Hall–Kier alpha value is -0.870. The average molecular weight is 185 g/mol. The van der Waals surface area contributed by atoms with Crippen molar-refractivity contribution in [2.45, 2.75) is 12.8 Å². The van der Waals surface area contributed by atoms with Crippen molar-refractivity contribution in [3.63, 3.8) is 0 Å². The third-order valence-corrected chi connectivity index (χ3v) is 1.53. The van der Waals surface area contributed by atoms with Crippen molar-refractivity contribution in [3.05, 3.63) is 12.7 Å². The van der Waals surface area contributed by atoms with Gasteiger partial charge in [0.15, 0.2) is 0 Å². The molecular weight excluding hydrogens is 166 g/mol. The fourth-order valence-electron chi connectivity index (χ4n) is 0.847. The maximum absolute atomic E-state index is 11.0. The van der Waals surface area contributed by atoms with Crippen LogP contribution in [0.4, 0.5) is 0 Å². The lowest BCUT2D eigenvalue weighted by Crippen LogP contribution is -2.34. The van der Waals surface area contributed by atoms with Gasteiger partial charge in [-0.1, -0.05) is 6.08 Å². The van der Waals surface area contributed by atoms with E-state index in [0.717, 1.165) is 12.8 Å². The van der Waals surface area contributed by atoms with Gasteiger partial charge in [0.1, 0.15) is 0 Å². The zero-order chi connectivity index (χ0) is 9.94. The summed E-state index contributed by atoms with van der Waals surface area (Å²) in [7, 11) is 0. The molecule has 0 heterocycles. The van der Waals surface area contributed by atoms with Crippen molar-refractivity contribution in [3.8, 4) is 0 Å². The number of amides is 1. The van der Waals surface area contributed by atoms with E-state index in [1.807, 2.05) is 0 Å². The third-order valence-electron chi connectivity index (χ3n) is 1.53. The van der Waals surface area contributed by atoms with Crippen LogP contribution in [0.1, 0.15) is 12.8 Å². The molecule has 0 saturated heterocycles. The molecular formula is C9H19N3O. The molecule has 0 spiro atoms. The van der Waals surface area contributed by atoms with E-state index in [-0.39, 0.29) is 5.91 Å². The Balaban J connectivity index is 3.15. The van der Waals surface area contributed by atoms with Crippen LogP contribution < -0.4 is 16.4 Å². The summed E-state index contributed by atoms with van der Waals surface area (Å²) in [5.74, 6) is 0.0267. The maximum atomic E-state index is 11.0. The molecule has 0 aliphatic rings. The van der Waals surface area contributed by atoms with Crippen LogP contribution in [0.2, 0.25) is 0 Å². The van der Waals surface area contributed by atoms with Crippen LogP contribution in [-0.4, -0.2) is 32.1 Å². The summed E-state index contributed by atoms with van der Waals surface area (Å²) in [5.41, 5.74) is 5.31. The molecule has 0 rings (SSSR count). The molecule has 0 aromatic rings. The normalized spacial score (nSPS) is 9.62. The molecule has 0 saturated carbocycles. The second-order valence-corrected chi connectivity index (χ2v) is 2.77. The number of nitrogens with one attached hydrogen (secondary N) is 2. The second kappa shape index (κ2) is 9.22. The molecule has 0 radical (unpaired) electrons. The van der Waals surface area contributed by atoms with Crippen LogP contribution in [0.15, 0.2) is 12.7 Å². The van der Waals surface area contributed by atoms with E-state index in [1.165, 1.54) is 0 Å². The standard InChI is InChI=1S/C9H19N3O/c1-2-6-11-8-9(13)12-7-4-3-5-10/h2,11H,1,3-8,10H2,(H,12,13). The molecule has 1 amide bonds. The highest BCUT2D eigenvalue weighted by Crippen LogP contribution is 1.81. The first-order valence-corrected chi connectivity index (χ1v) is 4.59. The van der Waals surface area contributed by atoms with E-state index in [9.17, 15) is 4.79 Å². The minimum absolute atomic E-state index is 0.0267. The van der Waals surface area contributed by atoms with Crippen LogP contribution in [0.5, 0.6) is 0 Å². The Morgan fingerprint density at radius 1 is 1.46 bits per heavy atom. The third kappa shape index (κ3) is 9.04. The van der Waals surface area contributed by atoms with E-state index >= 15 is 0 Å². The maximum Gasteiger partial charge on any atom is 0.233 e. The van der Waals surface area contributed by atoms with Crippen LogP contribution in [-0.2, 0) is 4.79 Å². The molecule has 0 fully saturated rings. The lowest BCUT2D eigenvalue weighted by atomic mass is 10.3. The molecule has 0 unspecified atom stereocenters. The summed E-state index contributed by atoms with van der Waals surface area (Å²) in [5, 5.41) is 5.71. The molecule has 13 heavy (non-hydrogen) atoms. The van der Waals surface area contributed by atoms with Gasteiger partial charge in [-0.05, 0) is 19.4 Å². The van der Waals surface area contributed by atoms with Crippen molar-refractivity contribution >= 4 is 5.91 Å². The van der Waals surface area contributed by atoms with E-state index in [1.54, 1.807) is 6.08 Å². The summed E-state index contributed by atoms with van der Waals surface area (Å²) in [4.78, 5) is 11.0. The summed E-state index contributed by atoms with van der Waals surface area (Å²) in [6.45, 7) is 5.95. The molecule has 76 valence electrons. The Morgan fingerprint density at radius 3 is 2.85 bits per heavy atom. The quantitative estimate of drug-likeness (QED) is 0.356. The minimum Gasteiger partial charge on any atom is -0.355 e. The summed E-state index contributed by atoms with van der Waals surface area (Å²) < 4.78 is 0. The van der Waals surface area contributed by atoms with Crippen LogP contribution in [0.25, 0.3) is 0 Å². The fraction of sp³-hybridized carbons (Fsp3) is 0.667. The zero-order valence-corrected chi connectivity index (χ0v) is 8.01. The van der Waals surface area contributed by atoms with Gasteiger partial charge in [-0.3, -0.25) is 4.79 Å². The number of carbonyl (C=O) groups excluding carboxylic acids is 1. The Labute approximate surface area is 79.6 Å². The van der Waals surface area contributed by atoms with Gasteiger partial charge in [0.25, 0.3) is 0 Å². The highest BCUT2D eigenvalue weighted by molar-refractivity contribution is 5.77. The predicted octanol–water partition coefficient (Wildman–Crippen LogP) is -0.383. The lowest BCUT2D eigenvalue weighted by molar-refractivity contribution is -0.120. The largest absolute Gasteiger partial charge is 0.355 e. The van der Waals surface area contributed by atoms with Crippen molar-refractivity contribution in [1.82, 2.24) is 10.6 Å². The Morgan fingerprint density at radius 2 is 2.23 bits per heavy atom. The topological polar surface area (TPSA) is 67.2 Å². The van der Waals surface area contributed by atoms with Crippen LogP contribution in [0.3, 0.4) is 0 Å². The predicted molar refractivity (Wildman–Crippen MR) is 54.4 cm³/mol. The average Bonchev–Trinajstić information content (AvgIpc) is 2.13. The molecule has 4 nitrogen and oxygen atoms in total. The highest BCUT2D eigenvalue weighted by Gasteiger charge is 1.97. The first kappa shape index (κ1) is 12.1. The van der Waals surface area contributed by atoms with E-state index in [0.29, 0.717) is 26.2 Å². The van der Waals surface area contributed by atoms with Gasteiger partial charge < -0.3 is 16.4 Å². The van der Waals surface area contributed by atoms with Gasteiger partial charge in [-0.2, -0.15) is 0 Å². The molecule has 0 aromatic carbocycles. The zero-order valence-electron chi connectivity index (χ0n) is 8.01. The number of hydrogen-bond acceptors (Lipinski definition) is 3. The van der Waals surface area contributed by atoms with E-state index in [4.69, 9.17) is 5.73 Å². The number of carbonyl (C=O) groups is 1. The number of rotatable bonds is 8. The van der Waals surface area contributed by atoms with Gasteiger partial charge in [-0.25, -0.2) is 0 Å². The number of nitrogens with two attached hydrogens (primary N) is 1. The SMILES string of the molecule is C=CCNCC(=O)NCCCCN. The Kier molecular flexibility index (Phi) is 8.60. The molecule has 4 N–H and O–H groups in total. The summed E-state index contributed by atoms with van der Waals surface area (Å²) >= 11 is 0. The molecule has 0 bridgehead atoms. The van der Waals surface area contributed by atoms with E-state index in [2.05, 4.69) is 17.2 Å². The molecule has 0 aliphatic carbocycles. The highest BCUT2D eigenvalue weighted by atomic mass is 16.1. The van der Waals surface area contributed by atoms with Crippen molar-refractivity contribution in [1.29, 1.82) is 0 Å². The molecule has 0 atom stereocenters. The fourth-order valence-corrected chi connectivity index (χ4v) is 0.847. The van der Waals surface area contributed by atoms with Gasteiger partial charge >= 0.3 is 0 Å². The smallest absolute Gasteiger partial charge is 0.233 e. The van der Waals surface area contributed by atoms with Gasteiger partial charge in [-0.15, -0.1) is 6.58 Å². The number of unbranched alkanes of at least 4 members (excludes halogenated alkanes) is 1. The monoisotopic (exact) mass is 185 g/mol. The minimum atomic E-state index is 0.0267. The Bertz CT molecular complexity index is 148. The van der Waals surface area contributed by atoms with E-state index < -0.39 is 0 Å². The molecule has 0 aromatic heterocycles. The first-order chi connectivity index (χ1) is 6.31. The molecule has 4 heteroatoms. The van der Waals surface area contributed by atoms with Gasteiger partial charge in [0.2, 0.25) is 5.91 Å². The first-order valence-electron chi connectivity index (χ1n) is 4.59. The second-order valence-electron chi connectivity index (χ2n) is 2.77. The summed E-state index contributed by atoms with van der Waals surface area (Å²) in [6, 6.07) is 0. The summed E-state index contributed by atoms with van der Waals surface area (Å²) in [6.07, 6.45) is 3.63. The van der Waals surface area contributed by atoms with Crippen molar-refractivity contribution in [2.24, 2.45) is 5.73 Å². The molecule has 0 aliphatic heterocycles. The van der Waals surface area contributed by atoms with Crippen molar-refractivity contribution in [2.75, 3.05) is 26.2 Å². The lowest BCUT2D eigenvalue weighted by Gasteiger charge is -2.04. The van der Waals surface area contributed by atoms with Crippen LogP contribution >= 0.6 is 0 Å². The van der Waals surface area contributed by atoms with Crippen molar-refractivity contribution < 1.29 is 4.79 Å². The van der Waals surface area contributed by atoms with Gasteiger partial charge in [0, 0.05) is 13.1 Å².